The highest BCUT2D eigenvalue weighted by Gasteiger charge is 2.22. The summed E-state index contributed by atoms with van der Waals surface area (Å²) in [6.07, 6.45) is 4.17. The van der Waals surface area contributed by atoms with Crippen molar-refractivity contribution in [3.8, 4) is 0 Å². The molecule has 2 heterocycles. The molecule has 1 aromatic heterocycles. The van der Waals surface area contributed by atoms with Crippen LogP contribution in [0.5, 0.6) is 0 Å². The molecule has 0 bridgehead atoms. The number of imidazole rings is 1. The smallest absolute Gasteiger partial charge is 0.128 e. The van der Waals surface area contributed by atoms with Gasteiger partial charge in [-0.25, -0.2) is 4.98 Å². The van der Waals surface area contributed by atoms with Crippen molar-refractivity contribution in [2.45, 2.75) is 32.2 Å². The number of hydrogen-bond donors (Lipinski definition) is 0. The van der Waals surface area contributed by atoms with Crippen molar-refractivity contribution >= 4 is 11.6 Å². The van der Waals surface area contributed by atoms with Crippen LogP contribution in [0.15, 0.2) is 6.20 Å². The van der Waals surface area contributed by atoms with Gasteiger partial charge in [0.1, 0.15) is 11.0 Å². The normalized spacial score (nSPS) is 19.7. The lowest BCUT2D eigenvalue weighted by molar-refractivity contribution is 0.249. The fourth-order valence-corrected chi connectivity index (χ4v) is 2.53. The van der Waals surface area contributed by atoms with E-state index >= 15 is 0 Å². The van der Waals surface area contributed by atoms with Crippen molar-refractivity contribution in [2.75, 3.05) is 20.1 Å². The number of hydrogen-bond acceptors (Lipinski definition) is 2. The molecule has 84 valence electrons. The maximum Gasteiger partial charge on any atom is 0.128 e. The van der Waals surface area contributed by atoms with Gasteiger partial charge in [-0.15, -0.1) is 0 Å². The molecular weight excluding hydrogens is 210 g/mol. The van der Waals surface area contributed by atoms with E-state index in [1.807, 2.05) is 0 Å². The highest BCUT2D eigenvalue weighted by atomic mass is 35.5. The van der Waals surface area contributed by atoms with Gasteiger partial charge in [-0.1, -0.05) is 11.6 Å². The minimum Gasteiger partial charge on any atom is -0.319 e. The Morgan fingerprint density at radius 2 is 2.13 bits per heavy atom. The van der Waals surface area contributed by atoms with Gasteiger partial charge in [-0.2, -0.15) is 0 Å². The summed E-state index contributed by atoms with van der Waals surface area (Å²) in [7, 11) is 2.18. The predicted octanol–water partition coefficient (Wildman–Crippen LogP) is 2.37. The topological polar surface area (TPSA) is 21.1 Å². The van der Waals surface area contributed by atoms with Gasteiger partial charge in [-0.05, 0) is 39.9 Å². The lowest BCUT2D eigenvalue weighted by Crippen LogP contribution is -2.30. The minimum absolute atomic E-state index is 0.591. The quantitative estimate of drug-likeness (QED) is 0.774. The first-order valence-electron chi connectivity index (χ1n) is 5.61. The highest BCUT2D eigenvalue weighted by molar-refractivity contribution is 6.29. The average molecular weight is 228 g/mol. The van der Waals surface area contributed by atoms with E-state index in [1.54, 1.807) is 6.20 Å². The van der Waals surface area contributed by atoms with Crippen LogP contribution in [0.1, 0.15) is 31.5 Å². The third-order valence-corrected chi connectivity index (χ3v) is 3.54. The van der Waals surface area contributed by atoms with Crippen LogP contribution in [-0.2, 0) is 6.54 Å². The van der Waals surface area contributed by atoms with Gasteiger partial charge in [0.05, 0.1) is 6.20 Å². The first kappa shape index (κ1) is 11.0. The van der Waals surface area contributed by atoms with E-state index in [2.05, 4.69) is 28.4 Å². The number of piperidine rings is 1. The van der Waals surface area contributed by atoms with Gasteiger partial charge < -0.3 is 9.47 Å². The van der Waals surface area contributed by atoms with Crippen LogP contribution in [0.25, 0.3) is 0 Å². The zero-order chi connectivity index (χ0) is 10.8. The maximum absolute atomic E-state index is 6.08. The van der Waals surface area contributed by atoms with Crippen molar-refractivity contribution in [1.82, 2.24) is 14.5 Å². The average Bonchev–Trinajstić information content (AvgIpc) is 2.61. The van der Waals surface area contributed by atoms with Crippen LogP contribution in [0.4, 0.5) is 0 Å². The monoisotopic (exact) mass is 227 g/mol. The molecule has 0 unspecified atom stereocenters. The fraction of sp³-hybridized carbons (Fsp3) is 0.727. The second-order valence-corrected chi connectivity index (χ2v) is 4.65. The Hall–Kier alpha value is -0.540. The maximum atomic E-state index is 6.08. The third kappa shape index (κ3) is 2.18. The van der Waals surface area contributed by atoms with E-state index in [1.165, 1.54) is 31.8 Å². The molecule has 1 aromatic rings. The predicted molar refractivity (Wildman–Crippen MR) is 62.4 cm³/mol. The van der Waals surface area contributed by atoms with Crippen molar-refractivity contribution in [3.05, 3.63) is 17.2 Å². The molecule has 0 radical (unpaired) electrons. The molecule has 1 aliphatic rings. The van der Waals surface area contributed by atoms with Gasteiger partial charge in [0, 0.05) is 12.5 Å². The molecule has 3 nitrogen and oxygen atoms in total. The molecule has 1 saturated heterocycles. The molecule has 0 atom stereocenters. The third-order valence-electron chi connectivity index (χ3n) is 3.24. The van der Waals surface area contributed by atoms with Crippen LogP contribution >= 0.6 is 11.6 Å². The van der Waals surface area contributed by atoms with Gasteiger partial charge in [0.15, 0.2) is 0 Å². The Morgan fingerprint density at radius 3 is 2.73 bits per heavy atom. The lowest BCUT2D eigenvalue weighted by atomic mass is 9.96. The van der Waals surface area contributed by atoms with Crippen molar-refractivity contribution in [3.63, 3.8) is 0 Å². The summed E-state index contributed by atoms with van der Waals surface area (Å²) >= 11 is 6.08. The molecule has 15 heavy (non-hydrogen) atoms. The first-order chi connectivity index (χ1) is 7.22. The molecule has 1 aliphatic heterocycles. The molecular formula is C11H18ClN3. The number of halogens is 1. The Labute approximate surface area is 96.0 Å². The molecule has 0 aromatic carbocycles. The van der Waals surface area contributed by atoms with Crippen LogP contribution < -0.4 is 0 Å². The zero-order valence-corrected chi connectivity index (χ0v) is 10.2. The summed E-state index contributed by atoms with van der Waals surface area (Å²) < 4.78 is 2.12. The summed E-state index contributed by atoms with van der Waals surface area (Å²) in [4.78, 5) is 6.82. The second kappa shape index (κ2) is 4.54. The molecule has 2 rings (SSSR count). The summed E-state index contributed by atoms with van der Waals surface area (Å²) in [5, 5.41) is 0.770. The van der Waals surface area contributed by atoms with E-state index in [-0.39, 0.29) is 0 Å². The van der Waals surface area contributed by atoms with E-state index in [9.17, 15) is 0 Å². The highest BCUT2D eigenvalue weighted by Crippen LogP contribution is 2.28. The Bertz CT molecular complexity index is 327. The van der Waals surface area contributed by atoms with Gasteiger partial charge in [-0.3, -0.25) is 0 Å². The molecule has 0 spiro atoms. The number of rotatable bonds is 2. The summed E-state index contributed by atoms with van der Waals surface area (Å²) in [5.74, 6) is 1.77. The van der Waals surface area contributed by atoms with Crippen molar-refractivity contribution in [2.24, 2.45) is 0 Å². The fourth-order valence-electron chi connectivity index (χ4n) is 2.27. The van der Waals surface area contributed by atoms with E-state index in [0.29, 0.717) is 5.92 Å². The van der Waals surface area contributed by atoms with Crippen LogP contribution in [-0.4, -0.2) is 34.6 Å². The summed E-state index contributed by atoms with van der Waals surface area (Å²) in [6.45, 7) is 5.37. The van der Waals surface area contributed by atoms with Crippen molar-refractivity contribution < 1.29 is 0 Å². The number of aromatic nitrogens is 2. The number of nitrogens with zero attached hydrogens (tertiary/aromatic N) is 3. The van der Waals surface area contributed by atoms with Gasteiger partial charge in [0.2, 0.25) is 0 Å². The van der Waals surface area contributed by atoms with Gasteiger partial charge in [0.25, 0.3) is 0 Å². The van der Waals surface area contributed by atoms with Crippen LogP contribution in [0.2, 0.25) is 5.15 Å². The molecule has 0 N–H and O–H groups in total. The molecule has 0 amide bonds. The van der Waals surface area contributed by atoms with Crippen molar-refractivity contribution in [1.29, 1.82) is 0 Å². The molecule has 0 aliphatic carbocycles. The number of likely N-dealkylation sites (tertiary alicyclic amines) is 1. The van der Waals surface area contributed by atoms with E-state index in [0.717, 1.165) is 11.7 Å². The Balaban J connectivity index is 2.15. The van der Waals surface area contributed by atoms with Crippen LogP contribution in [0, 0.1) is 0 Å². The summed E-state index contributed by atoms with van der Waals surface area (Å²) in [6, 6.07) is 0. The lowest BCUT2D eigenvalue weighted by Gasteiger charge is -2.28. The first-order valence-corrected chi connectivity index (χ1v) is 5.99. The molecule has 4 heteroatoms. The molecule has 1 fully saturated rings. The largest absolute Gasteiger partial charge is 0.319 e. The zero-order valence-electron chi connectivity index (χ0n) is 9.41. The Morgan fingerprint density at radius 1 is 1.47 bits per heavy atom. The molecule has 0 saturated carbocycles. The second-order valence-electron chi connectivity index (χ2n) is 4.26. The summed E-state index contributed by atoms with van der Waals surface area (Å²) in [5.41, 5.74) is 0. The van der Waals surface area contributed by atoms with Crippen LogP contribution in [0.3, 0.4) is 0 Å². The van der Waals surface area contributed by atoms with E-state index in [4.69, 9.17) is 11.6 Å². The Kier molecular flexibility index (Phi) is 3.32. The van der Waals surface area contributed by atoms with Gasteiger partial charge >= 0.3 is 0 Å². The van der Waals surface area contributed by atoms with E-state index < -0.39 is 0 Å². The minimum atomic E-state index is 0.591. The standard InChI is InChI=1S/C11H18ClN3/c1-3-15-10(12)8-13-11(15)9-4-6-14(2)7-5-9/h8-9H,3-7H2,1-2H3. The SMILES string of the molecule is CCn1c(Cl)cnc1C1CCN(C)CC1.